The molecule has 0 unspecified atom stereocenters. The van der Waals surface area contributed by atoms with E-state index in [4.69, 9.17) is 21.1 Å². The Morgan fingerprint density at radius 1 is 1.15 bits per heavy atom. The van der Waals surface area contributed by atoms with Crippen molar-refractivity contribution in [3.63, 3.8) is 0 Å². The Kier molecular flexibility index (Phi) is 5.51. The molecule has 0 radical (unpaired) electrons. The number of carbonyl (C=O) groups is 2. The van der Waals surface area contributed by atoms with E-state index < -0.39 is 11.9 Å². The smallest absolute Gasteiger partial charge is 0.347 e. The average molecular weight is 390 g/mol. The van der Waals surface area contributed by atoms with E-state index in [-0.39, 0.29) is 29.9 Å². The van der Waals surface area contributed by atoms with Gasteiger partial charge in [0.2, 0.25) is 11.6 Å². The van der Waals surface area contributed by atoms with Gasteiger partial charge in [0.1, 0.15) is 0 Å². The van der Waals surface area contributed by atoms with E-state index in [2.05, 4.69) is 20.5 Å². The number of hydrogen-bond acceptors (Lipinski definition) is 8. The van der Waals surface area contributed by atoms with E-state index in [1.165, 1.54) is 6.20 Å². The molecule has 0 saturated heterocycles. The summed E-state index contributed by atoms with van der Waals surface area (Å²) in [6.45, 7) is 3.52. The van der Waals surface area contributed by atoms with Crippen molar-refractivity contribution in [1.82, 2.24) is 19.6 Å². The van der Waals surface area contributed by atoms with Crippen LogP contribution in [0.1, 0.15) is 13.8 Å². The Bertz CT molecular complexity index is 1030. The number of halogens is 1. The lowest BCUT2D eigenvalue weighted by Gasteiger charge is -2.08. The molecule has 10 heteroatoms. The van der Waals surface area contributed by atoms with Crippen molar-refractivity contribution in [2.45, 2.75) is 13.8 Å². The van der Waals surface area contributed by atoms with E-state index in [9.17, 15) is 9.59 Å². The lowest BCUT2D eigenvalue weighted by Crippen LogP contribution is -2.19. The van der Waals surface area contributed by atoms with Gasteiger partial charge in [-0.05, 0) is 26.0 Å². The third-order valence-corrected chi connectivity index (χ3v) is 3.78. The van der Waals surface area contributed by atoms with Crippen molar-refractivity contribution >= 4 is 46.2 Å². The van der Waals surface area contributed by atoms with Gasteiger partial charge in [-0.25, -0.2) is 14.6 Å². The minimum absolute atomic E-state index is 0.120. The van der Waals surface area contributed by atoms with Gasteiger partial charge < -0.3 is 14.8 Å². The quantitative estimate of drug-likeness (QED) is 0.296. The van der Waals surface area contributed by atoms with Crippen LogP contribution in [0.15, 0.2) is 36.0 Å². The van der Waals surface area contributed by atoms with E-state index in [1.54, 1.807) is 24.3 Å². The van der Waals surface area contributed by atoms with Gasteiger partial charge in [0.05, 0.1) is 24.2 Å². The second-order valence-corrected chi connectivity index (χ2v) is 5.58. The molecule has 27 heavy (non-hydrogen) atoms. The summed E-state index contributed by atoms with van der Waals surface area (Å²) in [5.41, 5.74) is 1.38. The minimum atomic E-state index is -0.804. The second kappa shape index (κ2) is 8.00. The first-order valence-electron chi connectivity index (χ1n) is 8.17. The van der Waals surface area contributed by atoms with Crippen LogP contribution in [0.3, 0.4) is 0 Å². The molecule has 2 aromatic heterocycles. The van der Waals surface area contributed by atoms with Crippen molar-refractivity contribution in [1.29, 1.82) is 0 Å². The topological polar surface area (TPSA) is 108 Å². The molecule has 0 aliphatic heterocycles. The third kappa shape index (κ3) is 3.68. The number of para-hydroxylation sites is 2. The highest BCUT2D eigenvalue weighted by molar-refractivity contribution is 6.32. The van der Waals surface area contributed by atoms with Gasteiger partial charge in [0, 0.05) is 6.20 Å². The highest BCUT2D eigenvalue weighted by atomic mass is 35.5. The van der Waals surface area contributed by atoms with E-state index in [0.717, 1.165) is 0 Å². The van der Waals surface area contributed by atoms with Crippen LogP contribution in [-0.2, 0) is 19.1 Å². The van der Waals surface area contributed by atoms with Crippen molar-refractivity contribution in [3.05, 3.63) is 41.2 Å². The van der Waals surface area contributed by atoms with Crippen molar-refractivity contribution in [3.8, 4) is 0 Å². The fourth-order valence-electron chi connectivity index (χ4n) is 2.40. The molecule has 0 spiro atoms. The largest absolute Gasteiger partial charge is 0.462 e. The van der Waals surface area contributed by atoms with E-state index in [0.29, 0.717) is 16.7 Å². The lowest BCUT2D eigenvalue weighted by atomic mass is 10.3. The molecule has 0 aliphatic rings. The fraction of sp³-hybridized carbons (Fsp3) is 0.235. The maximum Gasteiger partial charge on any atom is 0.347 e. The Hall–Kier alpha value is -3.20. The van der Waals surface area contributed by atoms with Gasteiger partial charge in [-0.15, -0.1) is 10.2 Å². The molecule has 1 aromatic carbocycles. The average Bonchev–Trinajstić information content (AvgIpc) is 3.07. The van der Waals surface area contributed by atoms with Crippen LogP contribution in [0, 0.1) is 0 Å². The number of fused-ring (bicyclic) bond motifs is 3. The molecule has 0 fully saturated rings. The number of nitrogens with one attached hydrogen (secondary N) is 1. The minimum Gasteiger partial charge on any atom is -0.462 e. The Morgan fingerprint density at radius 3 is 2.48 bits per heavy atom. The van der Waals surface area contributed by atoms with Crippen LogP contribution in [0.2, 0.25) is 5.15 Å². The predicted octanol–water partition coefficient (Wildman–Crippen LogP) is 2.35. The normalized spacial score (nSPS) is 10.6. The Balaban J connectivity index is 2.05. The Labute approximate surface area is 158 Å². The zero-order chi connectivity index (χ0) is 19.4. The summed E-state index contributed by atoms with van der Waals surface area (Å²) in [7, 11) is 0. The maximum absolute atomic E-state index is 12.0. The van der Waals surface area contributed by atoms with Crippen LogP contribution < -0.4 is 5.32 Å². The van der Waals surface area contributed by atoms with Crippen molar-refractivity contribution < 1.29 is 19.1 Å². The molecule has 9 nitrogen and oxygen atoms in total. The molecule has 1 N–H and O–H groups in total. The lowest BCUT2D eigenvalue weighted by molar-refractivity contribution is -0.146. The SMILES string of the molecule is CCOC(=O)C(=CNc1nnc2c(Cl)nc3ccccc3n12)C(=O)OCC. The molecule has 0 saturated carbocycles. The number of esters is 2. The van der Waals surface area contributed by atoms with Crippen molar-refractivity contribution in [2.24, 2.45) is 0 Å². The predicted molar refractivity (Wildman–Crippen MR) is 98.3 cm³/mol. The standard InChI is InChI=1S/C17H16ClN5O4/c1-3-26-15(24)10(16(25)27-4-2)9-19-17-22-21-14-13(18)20-11-7-5-6-8-12(11)23(14)17/h5-9H,3-4H2,1-2H3,(H,19,22). The molecular formula is C17H16ClN5O4. The molecule has 3 rings (SSSR count). The van der Waals surface area contributed by atoms with Crippen LogP contribution in [0.5, 0.6) is 0 Å². The second-order valence-electron chi connectivity index (χ2n) is 5.22. The molecule has 140 valence electrons. The first-order valence-corrected chi connectivity index (χ1v) is 8.54. The van der Waals surface area contributed by atoms with Crippen molar-refractivity contribution in [2.75, 3.05) is 18.5 Å². The summed E-state index contributed by atoms with van der Waals surface area (Å²) in [6, 6.07) is 7.28. The third-order valence-electron chi connectivity index (χ3n) is 3.53. The van der Waals surface area contributed by atoms with Gasteiger partial charge in [-0.3, -0.25) is 4.40 Å². The van der Waals surface area contributed by atoms with Gasteiger partial charge in [-0.1, -0.05) is 23.7 Å². The maximum atomic E-state index is 12.0. The number of aromatic nitrogens is 4. The van der Waals surface area contributed by atoms with Crippen LogP contribution in [-0.4, -0.2) is 44.7 Å². The monoisotopic (exact) mass is 389 g/mol. The molecular weight excluding hydrogens is 374 g/mol. The zero-order valence-electron chi connectivity index (χ0n) is 14.6. The first-order chi connectivity index (χ1) is 13.1. The highest BCUT2D eigenvalue weighted by Crippen LogP contribution is 2.23. The zero-order valence-corrected chi connectivity index (χ0v) is 15.4. The van der Waals surface area contributed by atoms with Gasteiger partial charge in [-0.2, -0.15) is 0 Å². The Morgan fingerprint density at radius 2 is 1.81 bits per heavy atom. The molecule has 0 atom stereocenters. The molecule has 0 amide bonds. The first kappa shape index (κ1) is 18.6. The van der Waals surface area contributed by atoms with Gasteiger partial charge in [0.15, 0.2) is 10.7 Å². The number of rotatable bonds is 6. The van der Waals surface area contributed by atoms with Gasteiger partial charge in [0.25, 0.3) is 0 Å². The van der Waals surface area contributed by atoms with Crippen LogP contribution in [0.25, 0.3) is 16.7 Å². The summed E-state index contributed by atoms with van der Waals surface area (Å²) < 4.78 is 11.4. The number of hydrogen-bond donors (Lipinski definition) is 1. The molecule has 0 bridgehead atoms. The molecule has 3 aromatic rings. The van der Waals surface area contributed by atoms with Crippen LogP contribution in [0.4, 0.5) is 5.95 Å². The number of anilines is 1. The summed E-state index contributed by atoms with van der Waals surface area (Å²) >= 11 is 6.17. The molecule has 2 heterocycles. The summed E-state index contributed by atoms with van der Waals surface area (Å²) in [4.78, 5) is 28.4. The number of carbonyl (C=O) groups excluding carboxylic acids is 2. The number of nitrogens with zero attached hydrogens (tertiary/aromatic N) is 4. The van der Waals surface area contributed by atoms with E-state index >= 15 is 0 Å². The molecule has 0 aliphatic carbocycles. The van der Waals surface area contributed by atoms with E-state index in [1.807, 2.05) is 18.2 Å². The fourth-order valence-corrected chi connectivity index (χ4v) is 2.61. The highest BCUT2D eigenvalue weighted by Gasteiger charge is 2.22. The van der Waals surface area contributed by atoms with Crippen LogP contribution >= 0.6 is 11.6 Å². The summed E-state index contributed by atoms with van der Waals surface area (Å²) in [5.74, 6) is -1.36. The van der Waals surface area contributed by atoms with Gasteiger partial charge >= 0.3 is 11.9 Å². The number of ether oxygens (including phenoxy) is 2. The summed E-state index contributed by atoms with van der Waals surface area (Å²) in [6.07, 6.45) is 1.18. The summed E-state index contributed by atoms with van der Waals surface area (Å²) in [5, 5.41) is 11.0. The number of benzene rings is 1.